The predicted octanol–water partition coefficient (Wildman–Crippen LogP) is 7.03. The molecule has 1 atom stereocenters. The number of carbonyl (C=O) groups excluding carboxylic acids is 1. The molecular weight excluding hydrogens is 404 g/mol. The quantitative estimate of drug-likeness (QED) is 0.340. The maximum absolute atomic E-state index is 13.8. The number of amides is 1. The number of para-hydroxylation sites is 1. The number of benzene rings is 3. The highest BCUT2D eigenvalue weighted by atomic mass is 16.2. The van der Waals surface area contributed by atoms with Gasteiger partial charge in [-0.25, -0.2) is 0 Å². The molecule has 3 heteroatoms. The number of fused-ring (bicyclic) bond motifs is 2. The lowest BCUT2D eigenvalue weighted by atomic mass is 9.89. The molecule has 0 spiro atoms. The number of nitrogens with zero attached hydrogens (tertiary/aromatic N) is 2. The van der Waals surface area contributed by atoms with Crippen LogP contribution >= 0.6 is 0 Å². The molecule has 1 aliphatic carbocycles. The molecule has 3 nitrogen and oxygen atoms in total. The molecule has 0 radical (unpaired) electrons. The Balaban J connectivity index is 1.65. The molecule has 0 saturated heterocycles. The van der Waals surface area contributed by atoms with Gasteiger partial charge in [-0.05, 0) is 43.0 Å². The van der Waals surface area contributed by atoms with Crippen molar-refractivity contribution in [2.24, 2.45) is 7.05 Å². The second kappa shape index (κ2) is 7.91. The molecule has 0 unspecified atom stereocenters. The van der Waals surface area contributed by atoms with Gasteiger partial charge in [-0.1, -0.05) is 85.5 Å². The summed E-state index contributed by atoms with van der Waals surface area (Å²) in [5, 5.41) is 1.24. The van der Waals surface area contributed by atoms with Gasteiger partial charge in [-0.2, -0.15) is 0 Å². The highest BCUT2D eigenvalue weighted by Gasteiger charge is 2.43. The molecule has 4 aromatic rings. The topological polar surface area (TPSA) is 25.2 Å². The van der Waals surface area contributed by atoms with E-state index in [1.165, 1.54) is 52.5 Å². The molecule has 0 bridgehead atoms. The SMILES string of the molecule is Cc1ccc(-c2c([C@@H]3c4ccccc4C(=O)N3C3CCCCC3)c3ccccc3n2C)cc1. The van der Waals surface area contributed by atoms with E-state index in [0.717, 1.165) is 24.0 Å². The van der Waals surface area contributed by atoms with Crippen molar-refractivity contribution in [3.05, 3.63) is 95.1 Å². The average molecular weight is 435 g/mol. The second-order valence-electron chi connectivity index (χ2n) is 9.70. The van der Waals surface area contributed by atoms with Crippen LogP contribution in [0.25, 0.3) is 22.2 Å². The Labute approximate surface area is 195 Å². The predicted molar refractivity (Wildman–Crippen MR) is 134 cm³/mol. The summed E-state index contributed by atoms with van der Waals surface area (Å²) in [6.07, 6.45) is 5.89. The van der Waals surface area contributed by atoms with Crippen molar-refractivity contribution in [2.45, 2.75) is 51.1 Å². The summed E-state index contributed by atoms with van der Waals surface area (Å²) in [4.78, 5) is 16.1. The van der Waals surface area contributed by atoms with E-state index < -0.39 is 0 Å². The molecule has 2 aliphatic rings. The van der Waals surface area contributed by atoms with E-state index in [4.69, 9.17) is 0 Å². The van der Waals surface area contributed by atoms with Gasteiger partial charge in [0, 0.05) is 35.1 Å². The highest BCUT2D eigenvalue weighted by Crippen LogP contribution is 2.48. The Kier molecular flexibility index (Phi) is 4.86. The Bertz CT molecular complexity index is 1340. The molecule has 2 heterocycles. The van der Waals surface area contributed by atoms with Gasteiger partial charge in [0.2, 0.25) is 0 Å². The Morgan fingerprint density at radius 1 is 0.818 bits per heavy atom. The lowest BCUT2D eigenvalue weighted by molar-refractivity contribution is 0.0613. The van der Waals surface area contributed by atoms with Gasteiger partial charge in [0.05, 0.1) is 11.7 Å². The van der Waals surface area contributed by atoms with Crippen LogP contribution in [-0.2, 0) is 7.05 Å². The largest absolute Gasteiger partial charge is 0.343 e. The summed E-state index contributed by atoms with van der Waals surface area (Å²) in [6.45, 7) is 2.13. The van der Waals surface area contributed by atoms with Gasteiger partial charge < -0.3 is 9.47 Å². The number of hydrogen-bond donors (Lipinski definition) is 0. The van der Waals surface area contributed by atoms with Crippen LogP contribution in [0, 0.1) is 6.92 Å². The molecule has 6 rings (SSSR count). The first-order valence-electron chi connectivity index (χ1n) is 12.2. The molecule has 1 amide bonds. The first kappa shape index (κ1) is 20.3. The minimum atomic E-state index is -0.0563. The van der Waals surface area contributed by atoms with E-state index in [1.807, 2.05) is 12.1 Å². The van der Waals surface area contributed by atoms with Gasteiger partial charge >= 0.3 is 0 Å². The molecule has 1 fully saturated rings. The first-order valence-corrected chi connectivity index (χ1v) is 12.2. The maximum atomic E-state index is 13.8. The van der Waals surface area contributed by atoms with Crippen molar-refractivity contribution >= 4 is 16.8 Å². The van der Waals surface area contributed by atoms with Gasteiger partial charge in [0.25, 0.3) is 5.91 Å². The summed E-state index contributed by atoms with van der Waals surface area (Å²) < 4.78 is 2.32. The zero-order chi connectivity index (χ0) is 22.5. The summed E-state index contributed by atoms with van der Waals surface area (Å²) in [5.41, 5.74) is 8.17. The van der Waals surface area contributed by atoms with Gasteiger partial charge in [0.1, 0.15) is 0 Å². The van der Waals surface area contributed by atoms with Crippen LogP contribution in [-0.4, -0.2) is 21.4 Å². The van der Waals surface area contributed by atoms with Crippen LogP contribution < -0.4 is 0 Å². The molecule has 3 aromatic carbocycles. The fraction of sp³-hybridized carbons (Fsp3) is 0.300. The van der Waals surface area contributed by atoms with Crippen molar-refractivity contribution in [1.82, 2.24) is 9.47 Å². The second-order valence-corrected chi connectivity index (χ2v) is 9.70. The highest BCUT2D eigenvalue weighted by molar-refractivity contribution is 6.02. The Morgan fingerprint density at radius 2 is 1.52 bits per heavy atom. The monoisotopic (exact) mass is 434 g/mol. The van der Waals surface area contributed by atoms with Crippen LogP contribution in [0.2, 0.25) is 0 Å². The van der Waals surface area contributed by atoms with Crippen LogP contribution in [0.15, 0.2) is 72.8 Å². The summed E-state index contributed by atoms with van der Waals surface area (Å²) in [7, 11) is 2.16. The normalized spacial score (nSPS) is 18.8. The number of carbonyl (C=O) groups is 1. The zero-order valence-electron chi connectivity index (χ0n) is 19.4. The van der Waals surface area contributed by atoms with Crippen molar-refractivity contribution in [2.75, 3.05) is 0 Å². The Hall–Kier alpha value is -3.33. The van der Waals surface area contributed by atoms with Crippen molar-refractivity contribution in [3.8, 4) is 11.3 Å². The van der Waals surface area contributed by atoms with Gasteiger partial charge in [0.15, 0.2) is 0 Å². The number of rotatable bonds is 3. The zero-order valence-corrected chi connectivity index (χ0v) is 19.4. The first-order chi connectivity index (χ1) is 16.1. The van der Waals surface area contributed by atoms with E-state index >= 15 is 0 Å². The van der Waals surface area contributed by atoms with Crippen LogP contribution in [0.4, 0.5) is 0 Å². The Morgan fingerprint density at radius 3 is 2.30 bits per heavy atom. The molecule has 1 aliphatic heterocycles. The van der Waals surface area contributed by atoms with Crippen LogP contribution in [0.5, 0.6) is 0 Å². The maximum Gasteiger partial charge on any atom is 0.255 e. The molecule has 33 heavy (non-hydrogen) atoms. The minimum Gasteiger partial charge on any atom is -0.343 e. The lowest BCUT2D eigenvalue weighted by Gasteiger charge is -2.36. The van der Waals surface area contributed by atoms with E-state index in [0.29, 0.717) is 6.04 Å². The average Bonchev–Trinajstić information content (AvgIpc) is 3.31. The van der Waals surface area contributed by atoms with Crippen LogP contribution in [0.1, 0.15) is 65.2 Å². The van der Waals surface area contributed by atoms with Crippen LogP contribution in [0.3, 0.4) is 0 Å². The van der Waals surface area contributed by atoms with Crippen molar-refractivity contribution < 1.29 is 4.79 Å². The van der Waals surface area contributed by atoms with Gasteiger partial charge in [-0.3, -0.25) is 4.79 Å². The van der Waals surface area contributed by atoms with E-state index in [1.54, 1.807) is 0 Å². The number of aryl methyl sites for hydroxylation is 2. The van der Waals surface area contributed by atoms with Gasteiger partial charge in [-0.15, -0.1) is 0 Å². The molecule has 1 aromatic heterocycles. The van der Waals surface area contributed by atoms with Crippen molar-refractivity contribution in [1.29, 1.82) is 0 Å². The third kappa shape index (κ3) is 3.13. The molecule has 166 valence electrons. The molecule has 1 saturated carbocycles. The summed E-state index contributed by atoms with van der Waals surface area (Å²) in [5.74, 6) is 0.199. The smallest absolute Gasteiger partial charge is 0.255 e. The fourth-order valence-corrected chi connectivity index (χ4v) is 6.13. The minimum absolute atomic E-state index is 0.0563. The molecular formula is C30H30N2O. The number of aromatic nitrogens is 1. The third-order valence-corrected chi connectivity index (χ3v) is 7.71. The summed E-state index contributed by atoms with van der Waals surface area (Å²) >= 11 is 0. The van der Waals surface area contributed by atoms with Crippen molar-refractivity contribution in [3.63, 3.8) is 0 Å². The summed E-state index contributed by atoms with van der Waals surface area (Å²) in [6, 6.07) is 26.0. The standard InChI is InChI=1S/C30H30N2O/c1-20-16-18-21(19-17-20)28-27(25-14-8-9-15-26(25)31(28)2)29-23-12-6-7-13-24(23)30(33)32(29)22-10-4-3-5-11-22/h6-9,12-19,22,29H,3-5,10-11H2,1-2H3/t29-/m0/s1. The van der Waals surface area contributed by atoms with E-state index in [2.05, 4.69) is 84.1 Å². The number of hydrogen-bond acceptors (Lipinski definition) is 1. The van der Waals surface area contributed by atoms with E-state index in [9.17, 15) is 4.79 Å². The fourth-order valence-electron chi connectivity index (χ4n) is 6.13. The lowest BCUT2D eigenvalue weighted by Crippen LogP contribution is -2.40. The molecule has 0 N–H and O–H groups in total. The van der Waals surface area contributed by atoms with E-state index in [-0.39, 0.29) is 11.9 Å². The third-order valence-electron chi connectivity index (χ3n) is 7.71.